The maximum absolute atomic E-state index is 12.6. The minimum absolute atomic E-state index is 0.112. The molecule has 1 amide bonds. The fraction of sp³-hybridized carbons (Fsp3) is 0.353. The molecule has 1 aliphatic heterocycles. The maximum atomic E-state index is 12.6. The molecule has 0 saturated heterocycles. The minimum Gasteiger partial charge on any atom is -0.342 e. The summed E-state index contributed by atoms with van der Waals surface area (Å²) < 4.78 is 29.5. The molecule has 24 heavy (non-hydrogen) atoms. The predicted molar refractivity (Wildman–Crippen MR) is 92.6 cm³/mol. The summed E-state index contributed by atoms with van der Waals surface area (Å²) in [6.45, 7) is 3.35. The molecule has 1 aromatic carbocycles. The molecule has 0 radical (unpaired) electrons. The molecule has 1 aromatic heterocycles. The number of benzene rings is 1. The number of aryl methyl sites for hydroxylation is 2. The molecule has 2 aromatic rings. The number of amides is 1. The fourth-order valence-electron chi connectivity index (χ4n) is 2.79. The van der Waals surface area contributed by atoms with Gasteiger partial charge in [0.15, 0.2) is 0 Å². The Hall–Kier alpha value is -2.28. The molecule has 0 aliphatic carbocycles. The highest BCUT2D eigenvalue weighted by Crippen LogP contribution is 2.22. The fourth-order valence-corrected chi connectivity index (χ4v) is 3.89. The van der Waals surface area contributed by atoms with Gasteiger partial charge in [0, 0.05) is 32.0 Å². The van der Waals surface area contributed by atoms with E-state index in [1.54, 1.807) is 28.6 Å². The highest BCUT2D eigenvalue weighted by molar-refractivity contribution is 7.92. The number of hydrogen-bond donors (Lipinski definition) is 1. The van der Waals surface area contributed by atoms with Crippen LogP contribution in [-0.2, 0) is 23.0 Å². The minimum atomic E-state index is -3.72. The molecule has 0 fully saturated rings. The first-order valence-electron chi connectivity index (χ1n) is 7.98. The highest BCUT2D eigenvalue weighted by atomic mass is 32.2. The van der Waals surface area contributed by atoms with Gasteiger partial charge in [0.1, 0.15) is 10.6 Å². The van der Waals surface area contributed by atoms with Gasteiger partial charge in [0.25, 0.3) is 15.9 Å². The molecule has 0 saturated carbocycles. The zero-order valence-corrected chi connectivity index (χ0v) is 14.6. The second-order valence-electron chi connectivity index (χ2n) is 5.99. The number of carbonyl (C=O) groups is 1. The van der Waals surface area contributed by atoms with E-state index in [0.29, 0.717) is 24.5 Å². The molecule has 3 rings (SSSR count). The summed E-state index contributed by atoms with van der Waals surface area (Å²) in [4.78, 5) is 14.0. The number of aromatic nitrogens is 1. The van der Waals surface area contributed by atoms with Crippen molar-refractivity contribution in [3.05, 3.63) is 47.8 Å². The molecule has 1 N–H and O–H groups in total. The molecule has 0 unspecified atom stereocenters. The van der Waals surface area contributed by atoms with Gasteiger partial charge >= 0.3 is 0 Å². The second kappa shape index (κ2) is 6.32. The average molecular weight is 347 g/mol. The van der Waals surface area contributed by atoms with E-state index in [-0.39, 0.29) is 10.8 Å². The van der Waals surface area contributed by atoms with Crippen molar-refractivity contribution in [2.45, 2.75) is 31.2 Å². The van der Waals surface area contributed by atoms with Crippen molar-refractivity contribution in [3.8, 4) is 0 Å². The van der Waals surface area contributed by atoms with Gasteiger partial charge in [-0.1, -0.05) is 19.1 Å². The monoisotopic (exact) mass is 347 g/mol. The first-order chi connectivity index (χ1) is 11.4. The normalized spacial score (nSPS) is 15.1. The Morgan fingerprint density at radius 2 is 1.88 bits per heavy atom. The van der Waals surface area contributed by atoms with Crippen LogP contribution in [0, 0.1) is 0 Å². The van der Waals surface area contributed by atoms with Gasteiger partial charge in [-0.25, -0.2) is 8.42 Å². The number of sulfonamides is 1. The quantitative estimate of drug-likeness (QED) is 0.923. The van der Waals surface area contributed by atoms with Crippen LogP contribution in [0.2, 0.25) is 0 Å². The molecule has 0 atom stereocenters. The Balaban J connectivity index is 1.89. The van der Waals surface area contributed by atoms with Crippen LogP contribution in [0.25, 0.3) is 0 Å². The van der Waals surface area contributed by atoms with Gasteiger partial charge in [0.05, 0.1) is 0 Å². The number of nitrogens with zero attached hydrogens (tertiary/aromatic N) is 2. The number of nitrogens with one attached hydrogen (secondary N) is 1. The molecule has 0 spiro atoms. The van der Waals surface area contributed by atoms with Crippen LogP contribution in [0.3, 0.4) is 0 Å². The summed E-state index contributed by atoms with van der Waals surface area (Å²) in [5, 5.41) is 0. The highest BCUT2D eigenvalue weighted by Gasteiger charge is 2.25. The van der Waals surface area contributed by atoms with Gasteiger partial charge in [-0.3, -0.25) is 9.52 Å². The number of anilines is 1. The molecule has 0 bridgehead atoms. The summed E-state index contributed by atoms with van der Waals surface area (Å²) >= 11 is 0. The van der Waals surface area contributed by atoms with Gasteiger partial charge < -0.3 is 9.47 Å². The molecule has 128 valence electrons. The zero-order valence-electron chi connectivity index (χ0n) is 13.8. The van der Waals surface area contributed by atoms with Crippen molar-refractivity contribution in [2.75, 3.05) is 18.3 Å². The summed E-state index contributed by atoms with van der Waals surface area (Å²) in [6.07, 6.45) is 3.24. The van der Waals surface area contributed by atoms with Crippen molar-refractivity contribution in [3.63, 3.8) is 0 Å². The van der Waals surface area contributed by atoms with Crippen LogP contribution in [0.1, 0.15) is 29.4 Å². The van der Waals surface area contributed by atoms with E-state index in [9.17, 15) is 13.2 Å². The second-order valence-corrected chi connectivity index (χ2v) is 7.67. The summed E-state index contributed by atoms with van der Waals surface area (Å²) in [7, 11) is -1.99. The van der Waals surface area contributed by atoms with Gasteiger partial charge in [-0.2, -0.15) is 0 Å². The van der Waals surface area contributed by atoms with Crippen LogP contribution in [0.15, 0.2) is 41.4 Å². The molecular formula is C17H21N3O3S. The summed E-state index contributed by atoms with van der Waals surface area (Å²) in [6, 6.07) is 8.73. The van der Waals surface area contributed by atoms with Crippen molar-refractivity contribution < 1.29 is 13.2 Å². The number of rotatable bonds is 4. The zero-order chi connectivity index (χ0) is 17.3. The Kier molecular flexibility index (Phi) is 4.36. The average Bonchev–Trinajstić information content (AvgIpc) is 2.94. The lowest BCUT2D eigenvalue weighted by Crippen LogP contribution is -2.26. The van der Waals surface area contributed by atoms with E-state index in [0.717, 1.165) is 18.4 Å². The predicted octanol–water partition coefficient (Wildman–Crippen LogP) is 2.33. The van der Waals surface area contributed by atoms with Crippen molar-refractivity contribution >= 4 is 21.6 Å². The SMILES string of the molecule is CCc1ccc(NS(=O)(=O)c2cc3n(c2)CCCN(C)C3=O)cc1. The third-order valence-corrected chi connectivity index (χ3v) is 5.60. The van der Waals surface area contributed by atoms with Crippen molar-refractivity contribution in [2.24, 2.45) is 0 Å². The van der Waals surface area contributed by atoms with Gasteiger partial charge in [-0.15, -0.1) is 0 Å². The first kappa shape index (κ1) is 16.6. The standard InChI is InChI=1S/C17H21N3O3S/c1-3-13-5-7-14(8-6-13)18-24(22,23)15-11-16-17(21)19(2)9-4-10-20(16)12-15/h5-8,11-12,18H,3-4,9-10H2,1-2H3. The Bertz CT molecular complexity index is 854. The maximum Gasteiger partial charge on any atom is 0.270 e. The van der Waals surface area contributed by atoms with Gasteiger partial charge in [-0.05, 0) is 36.6 Å². The van der Waals surface area contributed by atoms with E-state index in [2.05, 4.69) is 4.72 Å². The third-order valence-electron chi connectivity index (χ3n) is 4.25. The van der Waals surface area contributed by atoms with Crippen LogP contribution in [-0.4, -0.2) is 37.4 Å². The van der Waals surface area contributed by atoms with E-state index >= 15 is 0 Å². The largest absolute Gasteiger partial charge is 0.342 e. The molecule has 6 nitrogen and oxygen atoms in total. The van der Waals surface area contributed by atoms with E-state index in [1.165, 1.54) is 12.3 Å². The lowest BCUT2D eigenvalue weighted by Gasteiger charge is -2.12. The first-order valence-corrected chi connectivity index (χ1v) is 9.46. The number of carbonyl (C=O) groups excluding carboxylic acids is 1. The Morgan fingerprint density at radius 1 is 1.17 bits per heavy atom. The Morgan fingerprint density at radius 3 is 2.54 bits per heavy atom. The summed E-state index contributed by atoms with van der Waals surface area (Å²) in [5.74, 6) is -0.152. The molecule has 2 heterocycles. The topological polar surface area (TPSA) is 71.4 Å². The van der Waals surface area contributed by atoms with E-state index in [1.807, 2.05) is 19.1 Å². The number of hydrogen-bond acceptors (Lipinski definition) is 3. The smallest absolute Gasteiger partial charge is 0.270 e. The third kappa shape index (κ3) is 3.17. The molecular weight excluding hydrogens is 326 g/mol. The summed E-state index contributed by atoms with van der Waals surface area (Å²) in [5.41, 5.74) is 2.07. The van der Waals surface area contributed by atoms with Crippen LogP contribution >= 0.6 is 0 Å². The van der Waals surface area contributed by atoms with Gasteiger partial charge in [0.2, 0.25) is 0 Å². The number of fused-ring (bicyclic) bond motifs is 1. The van der Waals surface area contributed by atoms with Crippen LogP contribution in [0.5, 0.6) is 0 Å². The van der Waals surface area contributed by atoms with Crippen LogP contribution < -0.4 is 4.72 Å². The van der Waals surface area contributed by atoms with E-state index < -0.39 is 10.0 Å². The lowest BCUT2D eigenvalue weighted by atomic mass is 10.2. The molecule has 1 aliphatic rings. The van der Waals surface area contributed by atoms with Crippen molar-refractivity contribution in [1.82, 2.24) is 9.47 Å². The lowest BCUT2D eigenvalue weighted by molar-refractivity contribution is 0.0796. The van der Waals surface area contributed by atoms with E-state index in [4.69, 9.17) is 0 Å². The molecule has 7 heteroatoms. The Labute approximate surface area is 142 Å². The van der Waals surface area contributed by atoms with Crippen molar-refractivity contribution in [1.29, 1.82) is 0 Å². The van der Waals surface area contributed by atoms with Crippen LogP contribution in [0.4, 0.5) is 5.69 Å².